The fourth-order valence-corrected chi connectivity index (χ4v) is 1.96. The van der Waals surface area contributed by atoms with Crippen molar-refractivity contribution in [1.29, 1.82) is 0 Å². The lowest BCUT2D eigenvalue weighted by Crippen LogP contribution is -2.28. The van der Waals surface area contributed by atoms with Crippen molar-refractivity contribution in [2.24, 2.45) is 5.92 Å². The zero-order chi connectivity index (χ0) is 10.7. The molecule has 0 radical (unpaired) electrons. The molecule has 1 unspecified atom stereocenters. The number of halogens is 1. The number of aromatic nitrogens is 2. The first-order chi connectivity index (χ1) is 7.25. The Hall–Kier alpha value is -0.870. The van der Waals surface area contributed by atoms with E-state index in [-0.39, 0.29) is 12.4 Å². The summed E-state index contributed by atoms with van der Waals surface area (Å²) in [6, 6.07) is 1.93. The Morgan fingerprint density at radius 2 is 2.38 bits per heavy atom. The number of hydrogen-bond acceptors (Lipinski definition) is 4. The van der Waals surface area contributed by atoms with Crippen LogP contribution in [-0.2, 0) is 0 Å². The highest BCUT2D eigenvalue weighted by atomic mass is 35.5. The van der Waals surface area contributed by atoms with Crippen LogP contribution in [0, 0.1) is 12.8 Å². The lowest BCUT2D eigenvalue weighted by atomic mass is 10.1. The number of nitrogens with one attached hydrogen (secondary N) is 1. The summed E-state index contributed by atoms with van der Waals surface area (Å²) in [5.41, 5.74) is 1.02. The Kier molecular flexibility index (Phi) is 4.96. The Morgan fingerprint density at radius 1 is 1.56 bits per heavy atom. The van der Waals surface area contributed by atoms with Gasteiger partial charge in [-0.2, -0.15) is 0 Å². The lowest BCUT2D eigenvalue weighted by molar-refractivity contribution is 0.572. The molecule has 16 heavy (non-hydrogen) atoms. The number of aryl methyl sites for hydroxylation is 1. The van der Waals surface area contributed by atoms with Crippen molar-refractivity contribution in [3.05, 3.63) is 18.0 Å². The van der Waals surface area contributed by atoms with E-state index in [0.717, 1.165) is 37.2 Å². The van der Waals surface area contributed by atoms with Crippen molar-refractivity contribution in [3.8, 4) is 0 Å². The molecule has 0 bridgehead atoms. The molecule has 0 amide bonds. The van der Waals surface area contributed by atoms with Crippen molar-refractivity contribution in [3.63, 3.8) is 0 Å². The molecule has 1 aliphatic rings. The quantitative estimate of drug-likeness (QED) is 0.867. The van der Waals surface area contributed by atoms with Crippen LogP contribution in [-0.4, -0.2) is 36.6 Å². The summed E-state index contributed by atoms with van der Waals surface area (Å²) in [6.07, 6.45) is 3.08. The van der Waals surface area contributed by atoms with Crippen LogP contribution in [0.4, 0.5) is 5.95 Å². The average Bonchev–Trinajstić information content (AvgIpc) is 2.70. The van der Waals surface area contributed by atoms with E-state index in [0.29, 0.717) is 0 Å². The molecule has 4 nitrogen and oxygen atoms in total. The highest BCUT2D eigenvalue weighted by molar-refractivity contribution is 5.85. The van der Waals surface area contributed by atoms with Gasteiger partial charge in [0.25, 0.3) is 0 Å². The molecular formula is C11H19ClN4. The topological polar surface area (TPSA) is 41.1 Å². The van der Waals surface area contributed by atoms with E-state index in [4.69, 9.17) is 0 Å². The third-order valence-corrected chi connectivity index (χ3v) is 2.82. The van der Waals surface area contributed by atoms with Crippen LogP contribution in [0.2, 0.25) is 0 Å². The molecule has 1 N–H and O–H groups in total. The maximum absolute atomic E-state index is 4.41. The summed E-state index contributed by atoms with van der Waals surface area (Å²) < 4.78 is 0. The van der Waals surface area contributed by atoms with Crippen LogP contribution >= 0.6 is 12.4 Å². The van der Waals surface area contributed by atoms with E-state index < -0.39 is 0 Å². The highest BCUT2D eigenvalue weighted by Crippen LogP contribution is 2.12. The molecule has 0 aliphatic carbocycles. The second-order valence-electron chi connectivity index (χ2n) is 4.24. The van der Waals surface area contributed by atoms with E-state index in [1.54, 1.807) is 0 Å². The first kappa shape index (κ1) is 13.2. The van der Waals surface area contributed by atoms with Gasteiger partial charge in [0.2, 0.25) is 5.95 Å². The molecule has 2 rings (SSSR count). The van der Waals surface area contributed by atoms with Crippen molar-refractivity contribution >= 4 is 18.4 Å². The summed E-state index contributed by atoms with van der Waals surface area (Å²) in [6.45, 7) is 5.30. The van der Waals surface area contributed by atoms with Crippen LogP contribution in [0.15, 0.2) is 12.3 Å². The zero-order valence-electron chi connectivity index (χ0n) is 9.81. The van der Waals surface area contributed by atoms with Crippen molar-refractivity contribution in [2.45, 2.75) is 13.3 Å². The van der Waals surface area contributed by atoms with E-state index in [1.165, 1.54) is 6.42 Å². The zero-order valence-corrected chi connectivity index (χ0v) is 10.6. The molecule has 2 heterocycles. The molecule has 1 saturated heterocycles. The average molecular weight is 243 g/mol. The van der Waals surface area contributed by atoms with Gasteiger partial charge in [-0.05, 0) is 38.4 Å². The van der Waals surface area contributed by atoms with Gasteiger partial charge in [-0.25, -0.2) is 9.97 Å². The first-order valence-electron chi connectivity index (χ1n) is 5.47. The largest absolute Gasteiger partial charge is 0.344 e. The molecule has 0 aromatic carbocycles. The Labute approximate surface area is 103 Å². The lowest BCUT2D eigenvalue weighted by Gasteiger charge is -2.20. The smallest absolute Gasteiger partial charge is 0.225 e. The third kappa shape index (κ3) is 3.32. The molecule has 90 valence electrons. The molecule has 1 fully saturated rings. The summed E-state index contributed by atoms with van der Waals surface area (Å²) in [7, 11) is 2.06. The maximum Gasteiger partial charge on any atom is 0.225 e. The van der Waals surface area contributed by atoms with Gasteiger partial charge in [-0.1, -0.05) is 0 Å². The molecule has 0 spiro atoms. The van der Waals surface area contributed by atoms with Gasteiger partial charge >= 0.3 is 0 Å². The summed E-state index contributed by atoms with van der Waals surface area (Å²) in [5.74, 6) is 1.57. The predicted octanol–water partition coefficient (Wildman–Crippen LogP) is 1.25. The minimum Gasteiger partial charge on any atom is -0.344 e. The van der Waals surface area contributed by atoms with Gasteiger partial charge in [0.1, 0.15) is 0 Å². The highest BCUT2D eigenvalue weighted by Gasteiger charge is 2.17. The minimum atomic E-state index is 0. The van der Waals surface area contributed by atoms with Crippen LogP contribution in [0.25, 0.3) is 0 Å². The van der Waals surface area contributed by atoms with E-state index in [1.807, 2.05) is 19.2 Å². The monoisotopic (exact) mass is 242 g/mol. The first-order valence-corrected chi connectivity index (χ1v) is 5.47. The van der Waals surface area contributed by atoms with Crippen LogP contribution in [0.5, 0.6) is 0 Å². The fraction of sp³-hybridized carbons (Fsp3) is 0.636. The standard InChI is InChI=1S/C11H18N4.ClH/c1-9-3-6-13-11(14-9)15(2)8-10-4-5-12-7-10;/h3,6,10,12H,4-5,7-8H2,1-2H3;1H. The number of hydrogen-bond donors (Lipinski definition) is 1. The van der Waals surface area contributed by atoms with Gasteiger partial charge in [0, 0.05) is 25.5 Å². The number of anilines is 1. The van der Waals surface area contributed by atoms with Crippen molar-refractivity contribution in [2.75, 3.05) is 31.6 Å². The summed E-state index contributed by atoms with van der Waals surface area (Å²) >= 11 is 0. The number of rotatable bonds is 3. The van der Waals surface area contributed by atoms with Gasteiger partial charge in [0.15, 0.2) is 0 Å². The maximum atomic E-state index is 4.41. The van der Waals surface area contributed by atoms with Crippen molar-refractivity contribution in [1.82, 2.24) is 15.3 Å². The van der Waals surface area contributed by atoms with Gasteiger partial charge < -0.3 is 10.2 Å². The van der Waals surface area contributed by atoms with Crippen molar-refractivity contribution < 1.29 is 0 Å². The van der Waals surface area contributed by atoms with E-state index in [2.05, 4.69) is 27.2 Å². The number of nitrogens with zero attached hydrogens (tertiary/aromatic N) is 3. The molecule has 1 aromatic rings. The normalized spacial score (nSPS) is 19.2. The minimum absolute atomic E-state index is 0. The molecular weight excluding hydrogens is 224 g/mol. The second-order valence-corrected chi connectivity index (χ2v) is 4.24. The fourth-order valence-electron chi connectivity index (χ4n) is 1.96. The SMILES string of the molecule is Cc1ccnc(N(C)CC2CCNC2)n1.Cl. The van der Waals surface area contributed by atoms with Gasteiger partial charge in [0.05, 0.1) is 0 Å². The van der Waals surface area contributed by atoms with Crippen LogP contribution in [0.1, 0.15) is 12.1 Å². The predicted molar refractivity (Wildman–Crippen MR) is 68.3 cm³/mol. The van der Waals surface area contributed by atoms with Gasteiger partial charge in [-0.15, -0.1) is 12.4 Å². The molecule has 1 aliphatic heterocycles. The van der Waals surface area contributed by atoms with Gasteiger partial charge in [-0.3, -0.25) is 0 Å². The van der Waals surface area contributed by atoms with Crippen LogP contribution < -0.4 is 10.2 Å². The Bertz CT molecular complexity index is 326. The molecule has 1 aromatic heterocycles. The van der Waals surface area contributed by atoms with E-state index in [9.17, 15) is 0 Å². The Balaban J connectivity index is 0.00000128. The molecule has 1 atom stereocenters. The molecule has 5 heteroatoms. The van der Waals surface area contributed by atoms with E-state index >= 15 is 0 Å². The molecule has 0 saturated carbocycles. The second kappa shape index (κ2) is 6.01. The van der Waals surface area contributed by atoms with Crippen LogP contribution in [0.3, 0.4) is 0 Å². The summed E-state index contributed by atoms with van der Waals surface area (Å²) in [4.78, 5) is 10.8. The Morgan fingerprint density at radius 3 is 3.00 bits per heavy atom. The summed E-state index contributed by atoms with van der Waals surface area (Å²) in [5, 5.41) is 3.37. The third-order valence-electron chi connectivity index (χ3n) is 2.82.